The number of benzene rings is 1. The van der Waals surface area contributed by atoms with E-state index < -0.39 is 0 Å². The molecule has 1 heterocycles. The van der Waals surface area contributed by atoms with Gasteiger partial charge in [0.05, 0.1) is 6.10 Å². The van der Waals surface area contributed by atoms with E-state index in [0.717, 1.165) is 50.6 Å². The van der Waals surface area contributed by atoms with Gasteiger partial charge < -0.3 is 20.3 Å². The number of ether oxygens (including phenoxy) is 1. The van der Waals surface area contributed by atoms with Crippen molar-refractivity contribution in [1.29, 1.82) is 0 Å². The summed E-state index contributed by atoms with van der Waals surface area (Å²) < 4.78 is 5.68. The Kier molecular flexibility index (Phi) is 11.3. The lowest BCUT2D eigenvalue weighted by Crippen LogP contribution is -2.46. The minimum atomic E-state index is 0. The second-order valence-corrected chi connectivity index (χ2v) is 7.34. The normalized spacial score (nSPS) is 15.2. The number of rotatable bonds is 7. The Balaban J connectivity index is 0.00000392. The van der Waals surface area contributed by atoms with E-state index >= 15 is 0 Å². The molecule has 6 nitrogen and oxygen atoms in total. The highest BCUT2D eigenvalue weighted by Gasteiger charge is 2.22. The van der Waals surface area contributed by atoms with Gasteiger partial charge in [0.1, 0.15) is 5.75 Å². The number of hydrogen-bond donors (Lipinski definition) is 2. The second kappa shape index (κ2) is 12.9. The first kappa shape index (κ1) is 24.5. The van der Waals surface area contributed by atoms with Crippen LogP contribution in [0.1, 0.15) is 38.7 Å². The van der Waals surface area contributed by atoms with E-state index in [9.17, 15) is 4.79 Å². The molecule has 7 heteroatoms. The number of likely N-dealkylation sites (tertiary alicyclic amines) is 1. The molecule has 2 rings (SSSR count). The van der Waals surface area contributed by atoms with Crippen LogP contribution < -0.4 is 15.4 Å². The summed E-state index contributed by atoms with van der Waals surface area (Å²) in [5.74, 6) is 2.48. The molecule has 1 aliphatic heterocycles. The molecular formula is C21H35IN4O2. The maximum absolute atomic E-state index is 11.5. The number of piperidine rings is 1. The first-order valence-electron chi connectivity index (χ1n) is 9.93. The fourth-order valence-electron chi connectivity index (χ4n) is 3.37. The summed E-state index contributed by atoms with van der Waals surface area (Å²) in [7, 11) is 3.53. The molecule has 0 spiro atoms. The molecule has 0 aliphatic carbocycles. The third kappa shape index (κ3) is 8.24. The minimum absolute atomic E-state index is 0. The maximum Gasteiger partial charge on any atom is 0.220 e. The van der Waals surface area contributed by atoms with E-state index in [1.54, 1.807) is 7.05 Å². The monoisotopic (exact) mass is 502 g/mol. The number of halogens is 1. The lowest BCUT2D eigenvalue weighted by atomic mass is 9.93. The van der Waals surface area contributed by atoms with E-state index in [1.807, 2.05) is 33.0 Å². The van der Waals surface area contributed by atoms with E-state index in [2.05, 4.69) is 32.7 Å². The maximum atomic E-state index is 11.5. The Morgan fingerprint density at radius 2 is 1.89 bits per heavy atom. The minimum Gasteiger partial charge on any atom is -0.491 e. The number of aliphatic imine (C=N–C) groups is 1. The van der Waals surface area contributed by atoms with Gasteiger partial charge in [0.15, 0.2) is 5.96 Å². The number of nitrogens with one attached hydrogen (secondary N) is 2. The first-order chi connectivity index (χ1) is 13.0. The van der Waals surface area contributed by atoms with Crippen LogP contribution in [0.4, 0.5) is 0 Å². The van der Waals surface area contributed by atoms with Crippen LogP contribution in [0.25, 0.3) is 0 Å². The third-order valence-electron chi connectivity index (χ3n) is 4.87. The number of hydrogen-bond acceptors (Lipinski definition) is 3. The van der Waals surface area contributed by atoms with Gasteiger partial charge in [0.2, 0.25) is 5.91 Å². The lowest BCUT2D eigenvalue weighted by Gasteiger charge is -2.34. The fraction of sp³-hybridized carbons (Fsp3) is 0.619. The zero-order valence-corrected chi connectivity index (χ0v) is 19.9. The quantitative estimate of drug-likeness (QED) is 0.342. The molecule has 1 saturated heterocycles. The molecule has 1 aromatic rings. The van der Waals surface area contributed by atoms with Crippen LogP contribution in [0.5, 0.6) is 5.75 Å². The molecule has 28 heavy (non-hydrogen) atoms. The van der Waals surface area contributed by atoms with Crippen LogP contribution in [0.3, 0.4) is 0 Å². The van der Waals surface area contributed by atoms with Crippen molar-refractivity contribution in [3.63, 3.8) is 0 Å². The Bertz CT molecular complexity index is 611. The molecule has 0 bridgehead atoms. The number of nitrogens with zero attached hydrogens (tertiary/aromatic N) is 2. The predicted octanol–water partition coefficient (Wildman–Crippen LogP) is 3.06. The van der Waals surface area contributed by atoms with Crippen molar-refractivity contribution in [2.45, 2.75) is 45.6 Å². The summed E-state index contributed by atoms with van der Waals surface area (Å²) in [4.78, 5) is 18.2. The van der Waals surface area contributed by atoms with Crippen molar-refractivity contribution in [3.8, 4) is 5.75 Å². The van der Waals surface area contributed by atoms with Gasteiger partial charge in [0, 0.05) is 40.2 Å². The summed E-state index contributed by atoms with van der Waals surface area (Å²) in [6, 6.07) is 8.29. The molecule has 0 radical (unpaired) electrons. The largest absolute Gasteiger partial charge is 0.491 e. The van der Waals surface area contributed by atoms with Crippen LogP contribution >= 0.6 is 24.0 Å². The third-order valence-corrected chi connectivity index (χ3v) is 4.87. The van der Waals surface area contributed by atoms with Crippen LogP contribution in [0.2, 0.25) is 0 Å². The highest BCUT2D eigenvalue weighted by Crippen LogP contribution is 2.20. The summed E-state index contributed by atoms with van der Waals surface area (Å²) in [6.45, 7) is 6.80. The molecule has 0 saturated carbocycles. The Hall–Kier alpha value is -1.51. The highest BCUT2D eigenvalue weighted by molar-refractivity contribution is 14.0. The fourth-order valence-corrected chi connectivity index (χ4v) is 3.37. The van der Waals surface area contributed by atoms with Gasteiger partial charge in [-0.3, -0.25) is 9.79 Å². The van der Waals surface area contributed by atoms with Crippen molar-refractivity contribution < 1.29 is 9.53 Å². The molecule has 2 N–H and O–H groups in total. The van der Waals surface area contributed by atoms with Gasteiger partial charge in [-0.15, -0.1) is 24.0 Å². The van der Waals surface area contributed by atoms with Crippen molar-refractivity contribution in [3.05, 3.63) is 29.8 Å². The highest BCUT2D eigenvalue weighted by atomic mass is 127. The van der Waals surface area contributed by atoms with Crippen LogP contribution in [-0.4, -0.2) is 56.6 Å². The number of carbonyl (C=O) groups excluding carboxylic acids is 1. The standard InChI is InChI=1S/C21H34N4O2.HI/c1-16(2)27-19-7-5-17(6-8-19)9-12-24-21(23-4)25-13-10-18(11-14-25)15-20(26)22-3;/h5-8,16,18H,9-15H2,1-4H3,(H,22,26)(H,23,24);1H. The van der Waals surface area contributed by atoms with E-state index in [0.29, 0.717) is 12.3 Å². The van der Waals surface area contributed by atoms with Crippen LogP contribution in [0.15, 0.2) is 29.3 Å². The Morgan fingerprint density at radius 3 is 2.43 bits per heavy atom. The van der Waals surface area contributed by atoms with Gasteiger partial charge in [-0.25, -0.2) is 0 Å². The zero-order valence-electron chi connectivity index (χ0n) is 17.5. The van der Waals surface area contributed by atoms with Gasteiger partial charge in [-0.05, 0) is 56.7 Å². The molecular weight excluding hydrogens is 467 g/mol. The average Bonchev–Trinajstić information content (AvgIpc) is 2.67. The van der Waals surface area contributed by atoms with Crippen molar-refractivity contribution >= 4 is 35.8 Å². The van der Waals surface area contributed by atoms with Gasteiger partial charge in [0.25, 0.3) is 0 Å². The molecule has 1 aromatic carbocycles. The van der Waals surface area contributed by atoms with Gasteiger partial charge >= 0.3 is 0 Å². The summed E-state index contributed by atoms with van der Waals surface area (Å²) in [6.07, 6.45) is 3.83. The Labute approximate surface area is 186 Å². The average molecular weight is 502 g/mol. The van der Waals surface area contributed by atoms with Crippen molar-refractivity contribution in [2.75, 3.05) is 33.7 Å². The zero-order chi connectivity index (χ0) is 19.6. The van der Waals surface area contributed by atoms with E-state index in [4.69, 9.17) is 4.74 Å². The summed E-state index contributed by atoms with van der Waals surface area (Å²) >= 11 is 0. The van der Waals surface area contributed by atoms with E-state index in [-0.39, 0.29) is 36.0 Å². The molecule has 1 fully saturated rings. The summed E-state index contributed by atoms with van der Waals surface area (Å²) in [5, 5.41) is 6.18. The topological polar surface area (TPSA) is 66.0 Å². The lowest BCUT2D eigenvalue weighted by molar-refractivity contribution is -0.121. The molecule has 0 unspecified atom stereocenters. The predicted molar refractivity (Wildman–Crippen MR) is 126 cm³/mol. The van der Waals surface area contributed by atoms with Gasteiger partial charge in [-0.2, -0.15) is 0 Å². The summed E-state index contributed by atoms with van der Waals surface area (Å²) in [5.41, 5.74) is 1.28. The van der Waals surface area contributed by atoms with E-state index in [1.165, 1.54) is 5.56 Å². The first-order valence-corrected chi connectivity index (χ1v) is 9.93. The number of amides is 1. The molecule has 0 atom stereocenters. The van der Waals surface area contributed by atoms with Gasteiger partial charge in [-0.1, -0.05) is 12.1 Å². The smallest absolute Gasteiger partial charge is 0.220 e. The Morgan fingerprint density at radius 1 is 1.25 bits per heavy atom. The molecule has 1 aliphatic rings. The molecule has 1 amide bonds. The van der Waals surface area contributed by atoms with Crippen LogP contribution in [0, 0.1) is 5.92 Å². The molecule has 0 aromatic heterocycles. The van der Waals surface area contributed by atoms with Crippen LogP contribution in [-0.2, 0) is 11.2 Å². The molecule has 158 valence electrons. The number of guanidine groups is 1. The number of carbonyl (C=O) groups is 1. The SMILES string of the molecule is CN=C(NCCc1ccc(OC(C)C)cc1)N1CCC(CC(=O)NC)CC1.I. The second-order valence-electron chi connectivity index (χ2n) is 7.34. The van der Waals surface area contributed by atoms with Crippen molar-refractivity contribution in [1.82, 2.24) is 15.5 Å². The van der Waals surface area contributed by atoms with Crippen molar-refractivity contribution in [2.24, 2.45) is 10.9 Å².